The van der Waals surface area contributed by atoms with Crippen molar-refractivity contribution in [2.24, 2.45) is 21.1 Å². The van der Waals surface area contributed by atoms with Crippen molar-refractivity contribution in [3.63, 3.8) is 0 Å². The minimum absolute atomic E-state index is 0.0173. The Hall–Kier alpha value is -1.62. The van der Waals surface area contributed by atoms with Crippen LogP contribution in [0.15, 0.2) is 15.2 Å². The van der Waals surface area contributed by atoms with Gasteiger partial charge in [-0.15, -0.1) is 0 Å². The van der Waals surface area contributed by atoms with Crippen molar-refractivity contribution >= 4 is 18.1 Å². The van der Waals surface area contributed by atoms with Gasteiger partial charge in [0.25, 0.3) is 0 Å². The van der Waals surface area contributed by atoms with Crippen LogP contribution in [0, 0.1) is 5.92 Å². The van der Waals surface area contributed by atoms with Gasteiger partial charge in [-0.25, -0.2) is 4.99 Å². The molecule has 0 spiro atoms. The first-order valence-electron chi connectivity index (χ1n) is 18.6. The second-order valence-electron chi connectivity index (χ2n) is 17.7. The first-order chi connectivity index (χ1) is 21.8. The molecule has 3 heterocycles. The van der Waals surface area contributed by atoms with E-state index in [-0.39, 0.29) is 33.9 Å². The molecule has 0 saturated carbocycles. The number of ether oxygens (including phenoxy) is 1. The van der Waals surface area contributed by atoms with Crippen molar-refractivity contribution in [3.05, 3.63) is 0 Å². The third-order valence-electron chi connectivity index (χ3n) is 9.95. The summed E-state index contributed by atoms with van der Waals surface area (Å²) in [5.41, 5.74) is 0.347. The van der Waals surface area contributed by atoms with E-state index < -0.39 is 0 Å². The Morgan fingerprint density at radius 1 is 0.787 bits per heavy atom. The summed E-state index contributed by atoms with van der Waals surface area (Å²) in [6.45, 7) is 31.8. The van der Waals surface area contributed by atoms with E-state index in [4.69, 9.17) is 9.73 Å². The highest BCUT2D eigenvalue weighted by atomic mass is 19.2. The molecular weight excluding hydrogens is 591 g/mol. The van der Waals surface area contributed by atoms with Gasteiger partial charge in [-0.3, -0.25) is 4.90 Å². The Labute approximate surface area is 287 Å². The van der Waals surface area contributed by atoms with Crippen LogP contribution in [0.25, 0.3) is 0 Å². The van der Waals surface area contributed by atoms with Gasteiger partial charge >= 0.3 is 0 Å². The molecule has 3 aliphatic heterocycles. The standard InChI is InChI=1S/C37H71FN8O/c1-28(2)32(41-38)40-33(44-19-21-47-22-20-44)39-27-45(30-23-34(5,6)42-35(7,8)24-30)17-15-13-14-16-18-46(29(3)4)31-25-36(9,10)43-37(11,12)26-31/h27-31,42-43H,13-26H2,1-12H3/b39-27+,40-33-,41-32+. The molecule has 3 rings (SSSR count). The maximum atomic E-state index is 13.6. The molecule has 0 radical (unpaired) electrons. The molecule has 9 nitrogen and oxygen atoms in total. The van der Waals surface area contributed by atoms with Crippen LogP contribution in [0.3, 0.4) is 0 Å². The molecule has 272 valence electrons. The second kappa shape index (κ2) is 16.9. The third-order valence-corrected chi connectivity index (χ3v) is 9.95. The van der Waals surface area contributed by atoms with E-state index in [0.717, 1.165) is 32.4 Å². The Morgan fingerprint density at radius 3 is 1.74 bits per heavy atom. The summed E-state index contributed by atoms with van der Waals surface area (Å²) in [4.78, 5) is 16.9. The lowest BCUT2D eigenvalue weighted by Crippen LogP contribution is -2.63. The average Bonchev–Trinajstić information content (AvgIpc) is 2.92. The number of morpholine rings is 1. The number of halogens is 1. The Balaban J connectivity index is 1.70. The van der Waals surface area contributed by atoms with Gasteiger partial charge in [-0.2, -0.15) is 4.99 Å². The number of piperidine rings is 2. The van der Waals surface area contributed by atoms with Crippen molar-refractivity contribution < 1.29 is 9.22 Å². The molecule has 0 aliphatic carbocycles. The lowest BCUT2D eigenvalue weighted by atomic mass is 9.78. The highest BCUT2D eigenvalue weighted by Gasteiger charge is 2.41. The highest BCUT2D eigenvalue weighted by molar-refractivity contribution is 5.99. The fourth-order valence-electron chi connectivity index (χ4n) is 8.56. The van der Waals surface area contributed by atoms with Crippen LogP contribution in [0.1, 0.15) is 134 Å². The molecule has 10 heteroatoms. The molecule has 0 atom stereocenters. The minimum atomic E-state index is -0.132. The van der Waals surface area contributed by atoms with Gasteiger partial charge in [-0.05, 0) is 114 Å². The fraction of sp³-hybridized carbons (Fsp3) is 0.919. The van der Waals surface area contributed by atoms with E-state index in [9.17, 15) is 4.48 Å². The van der Waals surface area contributed by atoms with Crippen molar-refractivity contribution in [1.82, 2.24) is 25.3 Å². The first kappa shape index (κ1) is 39.8. The molecule has 3 aliphatic rings. The highest BCUT2D eigenvalue weighted by Crippen LogP contribution is 2.33. The Kier molecular flexibility index (Phi) is 14.3. The van der Waals surface area contributed by atoms with E-state index in [2.05, 4.69) is 105 Å². The average molecular weight is 663 g/mol. The van der Waals surface area contributed by atoms with Gasteiger partial charge in [0, 0.05) is 65.8 Å². The number of nitrogens with zero attached hydrogens (tertiary/aromatic N) is 6. The number of aliphatic imine (C=N–C) groups is 2. The smallest absolute Gasteiger partial charge is 0.228 e. The Morgan fingerprint density at radius 2 is 1.28 bits per heavy atom. The zero-order valence-electron chi connectivity index (χ0n) is 32.3. The summed E-state index contributed by atoms with van der Waals surface area (Å²) in [5.74, 6) is 0.563. The zero-order valence-corrected chi connectivity index (χ0v) is 32.3. The summed E-state index contributed by atoms with van der Waals surface area (Å²) in [6.07, 6.45) is 11.2. The van der Waals surface area contributed by atoms with Crippen LogP contribution in [0.2, 0.25) is 0 Å². The third kappa shape index (κ3) is 13.0. The Bertz CT molecular complexity index is 1030. The predicted molar refractivity (Wildman–Crippen MR) is 197 cm³/mol. The molecule has 0 aromatic carbocycles. The van der Waals surface area contributed by atoms with Crippen LogP contribution >= 0.6 is 0 Å². The SMILES string of the molecule is CC(C)C(=N\F)/N=C(/N=C/N(CCCCCCN(C(C)C)C1CC(C)(C)NC(C)(C)C1)C1CC(C)(C)NC(C)(C)C1)N1CCOCC1. The lowest BCUT2D eigenvalue weighted by molar-refractivity contribution is 0.0465. The maximum absolute atomic E-state index is 13.6. The van der Waals surface area contributed by atoms with Crippen LogP contribution < -0.4 is 10.6 Å². The molecule has 3 fully saturated rings. The summed E-state index contributed by atoms with van der Waals surface area (Å²) in [5, 5.41) is 10.7. The summed E-state index contributed by atoms with van der Waals surface area (Å²) < 4.78 is 19.2. The van der Waals surface area contributed by atoms with Gasteiger partial charge in [-0.1, -0.05) is 36.4 Å². The molecule has 3 saturated heterocycles. The van der Waals surface area contributed by atoms with Gasteiger partial charge in [0.1, 0.15) is 0 Å². The first-order valence-corrected chi connectivity index (χ1v) is 18.6. The van der Waals surface area contributed by atoms with Crippen LogP contribution in [0.5, 0.6) is 0 Å². The number of rotatable bonds is 12. The number of hydrogen-bond donors (Lipinski definition) is 2. The molecule has 0 aromatic heterocycles. The quantitative estimate of drug-likeness (QED) is 0.136. The summed E-state index contributed by atoms with van der Waals surface area (Å²) >= 11 is 0. The molecule has 0 amide bonds. The van der Waals surface area contributed by atoms with Gasteiger partial charge in [0.05, 0.1) is 19.6 Å². The van der Waals surface area contributed by atoms with Gasteiger partial charge in [0.2, 0.25) is 5.96 Å². The van der Waals surface area contributed by atoms with Crippen molar-refractivity contribution in [3.8, 4) is 0 Å². The number of nitrogens with one attached hydrogen (secondary N) is 2. The largest absolute Gasteiger partial charge is 0.378 e. The summed E-state index contributed by atoms with van der Waals surface area (Å²) in [6, 6.07) is 1.50. The van der Waals surface area contributed by atoms with Crippen LogP contribution in [0.4, 0.5) is 4.48 Å². The van der Waals surface area contributed by atoms with Crippen molar-refractivity contribution in [1.29, 1.82) is 0 Å². The van der Waals surface area contributed by atoms with Crippen LogP contribution in [-0.2, 0) is 4.74 Å². The van der Waals surface area contributed by atoms with Gasteiger partial charge in [0.15, 0.2) is 5.84 Å². The van der Waals surface area contributed by atoms with E-state index in [0.29, 0.717) is 50.4 Å². The number of unbranched alkanes of at least 4 members (excludes halogenated alkanes) is 3. The molecule has 47 heavy (non-hydrogen) atoms. The van der Waals surface area contributed by atoms with E-state index in [1.165, 1.54) is 32.1 Å². The maximum Gasteiger partial charge on any atom is 0.228 e. The van der Waals surface area contributed by atoms with E-state index in [1.54, 1.807) is 0 Å². The second-order valence-corrected chi connectivity index (χ2v) is 17.7. The normalized spacial score (nSPS) is 24.2. The fourth-order valence-corrected chi connectivity index (χ4v) is 8.56. The van der Waals surface area contributed by atoms with Crippen molar-refractivity contribution in [2.45, 2.75) is 175 Å². The number of hydrogen-bond acceptors (Lipinski definition) is 5. The van der Waals surface area contributed by atoms with E-state index in [1.807, 2.05) is 20.2 Å². The topological polar surface area (TPSA) is 80.1 Å². The molecule has 0 aromatic rings. The van der Waals surface area contributed by atoms with Crippen LogP contribution in [-0.4, -0.2) is 113 Å². The number of amidine groups is 1. The van der Waals surface area contributed by atoms with Crippen molar-refractivity contribution in [2.75, 3.05) is 39.4 Å². The molecule has 0 unspecified atom stereocenters. The summed E-state index contributed by atoms with van der Waals surface area (Å²) in [7, 11) is 0. The van der Waals surface area contributed by atoms with E-state index >= 15 is 0 Å². The monoisotopic (exact) mass is 663 g/mol. The molecule has 2 N–H and O–H groups in total. The van der Waals surface area contributed by atoms with Gasteiger partial charge < -0.3 is 25.2 Å². The minimum Gasteiger partial charge on any atom is -0.378 e. The zero-order chi connectivity index (χ0) is 35.0. The predicted octanol–water partition coefficient (Wildman–Crippen LogP) is 6.83. The number of guanidine groups is 1. The molecular formula is C37H71FN8O. The molecule has 0 bridgehead atoms. The lowest BCUT2D eigenvalue weighted by Gasteiger charge is -2.50.